The second-order valence-corrected chi connectivity index (χ2v) is 3.84. The SMILES string of the molecule is Cc1cccc(-c2ccccc2)c1CC=O. The van der Waals surface area contributed by atoms with Crippen molar-refractivity contribution < 1.29 is 4.79 Å². The maximum absolute atomic E-state index is 10.7. The van der Waals surface area contributed by atoms with Gasteiger partial charge in [0.05, 0.1) is 0 Å². The Kier molecular flexibility index (Phi) is 3.16. The van der Waals surface area contributed by atoms with Gasteiger partial charge in [-0.3, -0.25) is 0 Å². The lowest BCUT2D eigenvalue weighted by atomic mass is 9.94. The molecule has 2 aromatic carbocycles. The van der Waals surface area contributed by atoms with Crippen LogP contribution >= 0.6 is 0 Å². The highest BCUT2D eigenvalue weighted by Crippen LogP contribution is 2.25. The van der Waals surface area contributed by atoms with Gasteiger partial charge >= 0.3 is 0 Å². The van der Waals surface area contributed by atoms with E-state index in [1.807, 2.05) is 37.3 Å². The van der Waals surface area contributed by atoms with Crippen LogP contribution in [0.3, 0.4) is 0 Å². The number of hydrogen-bond acceptors (Lipinski definition) is 1. The molecule has 1 nitrogen and oxygen atoms in total. The molecular weight excluding hydrogens is 196 g/mol. The first-order chi connectivity index (χ1) is 7.83. The van der Waals surface area contributed by atoms with Crippen molar-refractivity contribution >= 4 is 6.29 Å². The van der Waals surface area contributed by atoms with Gasteiger partial charge in [-0.25, -0.2) is 0 Å². The molecule has 0 amide bonds. The summed E-state index contributed by atoms with van der Waals surface area (Å²) in [5.41, 5.74) is 4.63. The zero-order chi connectivity index (χ0) is 11.4. The summed E-state index contributed by atoms with van der Waals surface area (Å²) in [7, 11) is 0. The minimum absolute atomic E-state index is 0.483. The van der Waals surface area contributed by atoms with Crippen LogP contribution in [-0.2, 0) is 11.2 Å². The fourth-order valence-corrected chi connectivity index (χ4v) is 1.94. The lowest BCUT2D eigenvalue weighted by molar-refractivity contribution is -0.107. The van der Waals surface area contributed by atoms with Crippen LogP contribution in [0.5, 0.6) is 0 Å². The molecule has 0 bridgehead atoms. The predicted molar refractivity (Wildman–Crippen MR) is 66.4 cm³/mol. The Morgan fingerprint density at radius 3 is 2.44 bits per heavy atom. The molecule has 2 aromatic rings. The largest absolute Gasteiger partial charge is 0.303 e. The minimum atomic E-state index is 0.483. The van der Waals surface area contributed by atoms with Gasteiger partial charge in [0, 0.05) is 6.42 Å². The lowest BCUT2D eigenvalue weighted by Gasteiger charge is -2.10. The highest BCUT2D eigenvalue weighted by atomic mass is 16.1. The van der Waals surface area contributed by atoms with E-state index in [4.69, 9.17) is 0 Å². The average molecular weight is 210 g/mol. The number of carbonyl (C=O) groups is 1. The third-order valence-corrected chi connectivity index (χ3v) is 2.78. The molecule has 0 aliphatic rings. The molecule has 0 N–H and O–H groups in total. The Balaban J connectivity index is 2.56. The zero-order valence-electron chi connectivity index (χ0n) is 9.31. The molecular formula is C15H14O. The maximum Gasteiger partial charge on any atom is 0.124 e. The summed E-state index contributed by atoms with van der Waals surface area (Å²) in [4.78, 5) is 10.7. The van der Waals surface area contributed by atoms with Gasteiger partial charge in [-0.1, -0.05) is 48.5 Å². The molecule has 80 valence electrons. The van der Waals surface area contributed by atoms with Crippen molar-refractivity contribution in [2.24, 2.45) is 0 Å². The normalized spacial score (nSPS) is 10.1. The minimum Gasteiger partial charge on any atom is -0.303 e. The van der Waals surface area contributed by atoms with Gasteiger partial charge in [-0.2, -0.15) is 0 Å². The molecule has 0 aromatic heterocycles. The molecule has 1 heteroatoms. The fourth-order valence-electron chi connectivity index (χ4n) is 1.94. The predicted octanol–water partition coefficient (Wildman–Crippen LogP) is 3.40. The summed E-state index contributed by atoms with van der Waals surface area (Å²) in [5.74, 6) is 0. The van der Waals surface area contributed by atoms with E-state index in [9.17, 15) is 4.79 Å². The van der Waals surface area contributed by atoms with Gasteiger partial charge in [0.25, 0.3) is 0 Å². The van der Waals surface area contributed by atoms with E-state index in [-0.39, 0.29) is 0 Å². The maximum atomic E-state index is 10.7. The summed E-state index contributed by atoms with van der Waals surface area (Å²) < 4.78 is 0. The fraction of sp³-hybridized carbons (Fsp3) is 0.133. The van der Waals surface area contributed by atoms with Crippen LogP contribution in [-0.4, -0.2) is 6.29 Å². The monoisotopic (exact) mass is 210 g/mol. The topological polar surface area (TPSA) is 17.1 Å². The Labute approximate surface area is 95.7 Å². The number of carbonyl (C=O) groups excluding carboxylic acids is 1. The van der Waals surface area contributed by atoms with E-state index >= 15 is 0 Å². The van der Waals surface area contributed by atoms with Gasteiger partial charge in [0.15, 0.2) is 0 Å². The smallest absolute Gasteiger partial charge is 0.124 e. The molecule has 0 spiro atoms. The molecule has 0 unspecified atom stereocenters. The standard InChI is InChI=1S/C15H14O/c1-12-6-5-9-15(14(12)10-11-16)13-7-3-2-4-8-13/h2-9,11H,10H2,1H3. The third-order valence-electron chi connectivity index (χ3n) is 2.78. The Hall–Kier alpha value is -1.89. The van der Waals surface area contributed by atoms with Crippen molar-refractivity contribution in [3.8, 4) is 11.1 Å². The van der Waals surface area contributed by atoms with E-state index < -0.39 is 0 Å². The van der Waals surface area contributed by atoms with Crippen molar-refractivity contribution in [2.45, 2.75) is 13.3 Å². The Morgan fingerprint density at radius 1 is 1.00 bits per heavy atom. The van der Waals surface area contributed by atoms with Crippen LogP contribution in [0.2, 0.25) is 0 Å². The van der Waals surface area contributed by atoms with Crippen LogP contribution in [0.15, 0.2) is 48.5 Å². The number of benzene rings is 2. The first-order valence-electron chi connectivity index (χ1n) is 5.40. The van der Waals surface area contributed by atoms with E-state index in [1.165, 1.54) is 11.1 Å². The quantitative estimate of drug-likeness (QED) is 0.709. The molecule has 0 aliphatic carbocycles. The molecule has 0 saturated carbocycles. The van der Waals surface area contributed by atoms with Crippen molar-refractivity contribution in [3.05, 3.63) is 59.7 Å². The molecule has 2 rings (SSSR count). The van der Waals surface area contributed by atoms with Gasteiger partial charge in [-0.15, -0.1) is 0 Å². The van der Waals surface area contributed by atoms with Gasteiger partial charge in [0.1, 0.15) is 6.29 Å². The number of hydrogen-bond donors (Lipinski definition) is 0. The Morgan fingerprint density at radius 2 is 1.75 bits per heavy atom. The summed E-state index contributed by atoms with van der Waals surface area (Å²) in [6.07, 6.45) is 1.45. The lowest BCUT2D eigenvalue weighted by Crippen LogP contribution is -1.94. The highest BCUT2D eigenvalue weighted by Gasteiger charge is 2.06. The number of aryl methyl sites for hydroxylation is 1. The summed E-state index contributed by atoms with van der Waals surface area (Å²) >= 11 is 0. The summed E-state index contributed by atoms with van der Waals surface area (Å²) in [6.45, 7) is 2.05. The van der Waals surface area contributed by atoms with Crippen molar-refractivity contribution in [1.82, 2.24) is 0 Å². The molecule has 0 heterocycles. The first-order valence-corrected chi connectivity index (χ1v) is 5.40. The van der Waals surface area contributed by atoms with E-state index in [0.29, 0.717) is 6.42 Å². The highest BCUT2D eigenvalue weighted by molar-refractivity contribution is 5.72. The van der Waals surface area contributed by atoms with Crippen LogP contribution in [0.1, 0.15) is 11.1 Å². The molecule has 16 heavy (non-hydrogen) atoms. The van der Waals surface area contributed by atoms with Crippen molar-refractivity contribution in [2.75, 3.05) is 0 Å². The van der Waals surface area contributed by atoms with Crippen LogP contribution in [0, 0.1) is 6.92 Å². The Bertz CT molecular complexity index is 486. The van der Waals surface area contributed by atoms with Crippen molar-refractivity contribution in [3.63, 3.8) is 0 Å². The molecule has 0 fully saturated rings. The van der Waals surface area contributed by atoms with Gasteiger partial charge < -0.3 is 4.79 Å². The molecule has 0 radical (unpaired) electrons. The summed E-state index contributed by atoms with van der Waals surface area (Å²) in [5, 5.41) is 0. The third kappa shape index (κ3) is 2.03. The zero-order valence-corrected chi connectivity index (χ0v) is 9.31. The second-order valence-electron chi connectivity index (χ2n) is 3.84. The average Bonchev–Trinajstić information content (AvgIpc) is 2.33. The van der Waals surface area contributed by atoms with Crippen LogP contribution < -0.4 is 0 Å². The molecule has 0 saturated heterocycles. The second kappa shape index (κ2) is 4.75. The van der Waals surface area contributed by atoms with E-state index in [2.05, 4.69) is 18.2 Å². The molecule has 0 atom stereocenters. The van der Waals surface area contributed by atoms with Gasteiger partial charge in [-0.05, 0) is 29.2 Å². The van der Waals surface area contributed by atoms with Crippen LogP contribution in [0.25, 0.3) is 11.1 Å². The van der Waals surface area contributed by atoms with Crippen molar-refractivity contribution in [1.29, 1.82) is 0 Å². The summed E-state index contributed by atoms with van der Waals surface area (Å²) in [6, 6.07) is 16.3. The number of aldehydes is 1. The van der Waals surface area contributed by atoms with Crippen LogP contribution in [0.4, 0.5) is 0 Å². The number of rotatable bonds is 3. The van der Waals surface area contributed by atoms with Gasteiger partial charge in [0.2, 0.25) is 0 Å². The van der Waals surface area contributed by atoms with E-state index in [1.54, 1.807) is 0 Å². The first kappa shape index (κ1) is 10.6. The van der Waals surface area contributed by atoms with E-state index in [0.717, 1.165) is 17.4 Å². The molecule has 0 aliphatic heterocycles.